The van der Waals surface area contributed by atoms with Crippen LogP contribution in [0.5, 0.6) is 0 Å². The van der Waals surface area contributed by atoms with Crippen molar-refractivity contribution in [2.75, 3.05) is 19.6 Å². The molecule has 0 aromatic heterocycles. The molecule has 0 aromatic rings. The Hall–Kier alpha value is -0.290. The molecule has 0 spiro atoms. The van der Waals surface area contributed by atoms with Crippen LogP contribution in [0.25, 0.3) is 0 Å². The molecular weight excluding hydrogens is 217 g/mol. The van der Waals surface area contributed by atoms with Gasteiger partial charge in [0.2, 0.25) is 0 Å². The number of hydrogen-bond donors (Lipinski definition) is 1. The van der Waals surface area contributed by atoms with Crippen molar-refractivity contribution in [2.45, 2.75) is 45.8 Å². The van der Waals surface area contributed by atoms with E-state index >= 15 is 0 Å². The molecule has 0 radical (unpaired) electrons. The molecule has 0 saturated carbocycles. The highest BCUT2D eigenvalue weighted by Gasteiger charge is 2.30. The predicted octanol–water partition coefficient (Wildman–Crippen LogP) is 2.63. The van der Waals surface area contributed by atoms with Gasteiger partial charge in [0.25, 0.3) is 0 Å². The maximum atomic E-state index is 12.2. The normalized spacial score (nSPS) is 14.8. The number of rotatable bonds is 7. The van der Waals surface area contributed by atoms with Gasteiger partial charge in [0.15, 0.2) is 0 Å². The first-order chi connectivity index (χ1) is 7.26. The van der Waals surface area contributed by atoms with Gasteiger partial charge in [-0.2, -0.15) is 13.2 Å². The highest BCUT2D eigenvalue weighted by atomic mass is 19.4. The SMILES string of the molecule is CCCN(CCC(N)C(C)C)CC(F)(F)F. The molecule has 0 fully saturated rings. The van der Waals surface area contributed by atoms with Crippen LogP contribution in [0.2, 0.25) is 0 Å². The van der Waals surface area contributed by atoms with E-state index in [9.17, 15) is 13.2 Å². The fourth-order valence-electron chi connectivity index (χ4n) is 1.50. The summed E-state index contributed by atoms with van der Waals surface area (Å²) in [7, 11) is 0. The Bertz CT molecular complexity index is 181. The van der Waals surface area contributed by atoms with Gasteiger partial charge in [-0.3, -0.25) is 4.90 Å². The van der Waals surface area contributed by atoms with Gasteiger partial charge in [-0.25, -0.2) is 0 Å². The van der Waals surface area contributed by atoms with Crippen molar-refractivity contribution < 1.29 is 13.2 Å². The summed E-state index contributed by atoms with van der Waals surface area (Å²) in [4.78, 5) is 1.43. The lowest BCUT2D eigenvalue weighted by Gasteiger charge is -2.25. The third-order valence-electron chi connectivity index (χ3n) is 2.58. The predicted molar refractivity (Wildman–Crippen MR) is 60.2 cm³/mol. The molecule has 0 saturated heterocycles. The Morgan fingerprint density at radius 1 is 1.19 bits per heavy atom. The standard InChI is InChI=1S/C11H23F3N2/c1-4-6-16(8-11(12,13)14)7-5-10(15)9(2)3/h9-10H,4-8,15H2,1-3H3. The molecule has 98 valence electrons. The quantitative estimate of drug-likeness (QED) is 0.741. The molecular formula is C11H23F3N2. The number of hydrogen-bond acceptors (Lipinski definition) is 2. The molecule has 0 rings (SSSR count). The molecule has 16 heavy (non-hydrogen) atoms. The van der Waals surface area contributed by atoms with Gasteiger partial charge in [-0.1, -0.05) is 20.8 Å². The van der Waals surface area contributed by atoms with E-state index in [2.05, 4.69) is 0 Å². The zero-order valence-corrected chi connectivity index (χ0v) is 10.3. The minimum absolute atomic E-state index is 0.0208. The first-order valence-electron chi connectivity index (χ1n) is 5.81. The molecule has 0 aliphatic rings. The molecule has 0 aliphatic heterocycles. The fraction of sp³-hybridized carbons (Fsp3) is 1.00. The van der Waals surface area contributed by atoms with E-state index in [1.165, 1.54) is 4.90 Å². The largest absolute Gasteiger partial charge is 0.401 e. The summed E-state index contributed by atoms with van der Waals surface area (Å²) in [5.74, 6) is 0.314. The van der Waals surface area contributed by atoms with Crippen LogP contribution in [-0.4, -0.2) is 36.8 Å². The van der Waals surface area contributed by atoms with Crippen LogP contribution < -0.4 is 5.73 Å². The van der Waals surface area contributed by atoms with Crippen LogP contribution in [0.3, 0.4) is 0 Å². The number of nitrogens with two attached hydrogens (primary N) is 1. The third-order valence-corrected chi connectivity index (χ3v) is 2.58. The van der Waals surface area contributed by atoms with Gasteiger partial charge in [0.1, 0.15) is 0 Å². The Kier molecular flexibility index (Phi) is 6.99. The number of alkyl halides is 3. The summed E-state index contributed by atoms with van der Waals surface area (Å²) < 4.78 is 36.7. The van der Waals surface area contributed by atoms with Crippen molar-refractivity contribution in [2.24, 2.45) is 11.7 Å². The Labute approximate surface area is 96.0 Å². The molecule has 1 atom stereocenters. The number of nitrogens with zero attached hydrogens (tertiary/aromatic N) is 1. The average molecular weight is 240 g/mol. The Balaban J connectivity index is 4.03. The van der Waals surface area contributed by atoms with Gasteiger partial charge in [-0.05, 0) is 31.8 Å². The summed E-state index contributed by atoms with van der Waals surface area (Å²) in [6.07, 6.45) is -2.77. The van der Waals surface area contributed by atoms with Crippen molar-refractivity contribution >= 4 is 0 Å². The van der Waals surface area contributed by atoms with Gasteiger partial charge in [-0.15, -0.1) is 0 Å². The second-order valence-electron chi connectivity index (χ2n) is 4.59. The van der Waals surface area contributed by atoms with E-state index in [4.69, 9.17) is 5.73 Å². The molecule has 0 aromatic carbocycles. The smallest absolute Gasteiger partial charge is 0.327 e. The molecule has 2 N–H and O–H groups in total. The molecule has 1 unspecified atom stereocenters. The molecule has 5 heteroatoms. The summed E-state index contributed by atoms with van der Waals surface area (Å²) >= 11 is 0. The van der Waals surface area contributed by atoms with E-state index in [-0.39, 0.29) is 6.04 Å². The molecule has 0 bridgehead atoms. The lowest BCUT2D eigenvalue weighted by atomic mass is 10.0. The maximum absolute atomic E-state index is 12.2. The molecule has 0 aliphatic carbocycles. The number of halogens is 3. The van der Waals surface area contributed by atoms with Crippen LogP contribution in [0.4, 0.5) is 13.2 Å². The summed E-state index contributed by atoms with van der Waals surface area (Å²) in [6, 6.07) is -0.0208. The first kappa shape index (κ1) is 15.7. The second-order valence-corrected chi connectivity index (χ2v) is 4.59. The zero-order chi connectivity index (χ0) is 12.8. The van der Waals surface area contributed by atoms with Crippen LogP contribution in [-0.2, 0) is 0 Å². The lowest BCUT2D eigenvalue weighted by Crippen LogP contribution is -2.38. The monoisotopic (exact) mass is 240 g/mol. The Morgan fingerprint density at radius 3 is 2.12 bits per heavy atom. The molecule has 0 heterocycles. The maximum Gasteiger partial charge on any atom is 0.401 e. The van der Waals surface area contributed by atoms with Gasteiger partial charge in [0, 0.05) is 6.04 Å². The van der Waals surface area contributed by atoms with Crippen molar-refractivity contribution in [3.8, 4) is 0 Å². The summed E-state index contributed by atoms with van der Waals surface area (Å²) in [5.41, 5.74) is 5.82. The van der Waals surface area contributed by atoms with E-state index in [1.54, 1.807) is 0 Å². The first-order valence-corrected chi connectivity index (χ1v) is 5.81. The minimum atomic E-state index is -4.11. The third kappa shape index (κ3) is 7.93. The van der Waals surface area contributed by atoms with E-state index in [1.807, 2.05) is 20.8 Å². The second kappa shape index (κ2) is 7.12. The van der Waals surface area contributed by atoms with Gasteiger partial charge in [0.05, 0.1) is 6.54 Å². The van der Waals surface area contributed by atoms with Crippen molar-refractivity contribution in [1.29, 1.82) is 0 Å². The molecule has 0 amide bonds. The lowest BCUT2D eigenvalue weighted by molar-refractivity contribution is -0.146. The minimum Gasteiger partial charge on any atom is -0.327 e. The van der Waals surface area contributed by atoms with Gasteiger partial charge < -0.3 is 5.73 Å². The van der Waals surface area contributed by atoms with Crippen LogP contribution in [0.1, 0.15) is 33.6 Å². The summed E-state index contributed by atoms with van der Waals surface area (Å²) in [6.45, 7) is 5.92. The van der Waals surface area contributed by atoms with Crippen molar-refractivity contribution in [1.82, 2.24) is 4.90 Å². The highest BCUT2D eigenvalue weighted by Crippen LogP contribution is 2.17. The Morgan fingerprint density at radius 2 is 1.75 bits per heavy atom. The van der Waals surface area contributed by atoms with E-state index in [0.29, 0.717) is 25.4 Å². The van der Waals surface area contributed by atoms with Crippen molar-refractivity contribution in [3.05, 3.63) is 0 Å². The van der Waals surface area contributed by atoms with E-state index < -0.39 is 12.7 Å². The fourth-order valence-corrected chi connectivity index (χ4v) is 1.50. The van der Waals surface area contributed by atoms with Crippen LogP contribution in [0.15, 0.2) is 0 Å². The topological polar surface area (TPSA) is 29.3 Å². The molecule has 2 nitrogen and oxygen atoms in total. The van der Waals surface area contributed by atoms with Crippen LogP contribution in [0, 0.1) is 5.92 Å². The average Bonchev–Trinajstić information content (AvgIpc) is 2.11. The van der Waals surface area contributed by atoms with E-state index in [0.717, 1.165) is 6.42 Å². The van der Waals surface area contributed by atoms with Crippen molar-refractivity contribution in [3.63, 3.8) is 0 Å². The van der Waals surface area contributed by atoms with Gasteiger partial charge >= 0.3 is 6.18 Å². The van der Waals surface area contributed by atoms with Crippen LogP contribution >= 0.6 is 0 Å². The highest BCUT2D eigenvalue weighted by molar-refractivity contribution is 4.70. The zero-order valence-electron chi connectivity index (χ0n) is 10.3. The summed E-state index contributed by atoms with van der Waals surface area (Å²) in [5, 5.41) is 0.